The van der Waals surface area contributed by atoms with E-state index < -0.39 is 6.29 Å². The van der Waals surface area contributed by atoms with Gasteiger partial charge in [-0.3, -0.25) is 4.79 Å². The molecular formula is C14H20N2O3. The first-order valence-corrected chi connectivity index (χ1v) is 6.42. The third kappa shape index (κ3) is 3.24. The molecule has 1 aliphatic heterocycles. The lowest BCUT2D eigenvalue weighted by Gasteiger charge is -2.26. The highest BCUT2D eigenvalue weighted by molar-refractivity contribution is 5.86. The van der Waals surface area contributed by atoms with E-state index in [0.29, 0.717) is 6.54 Å². The SMILES string of the molecule is COC(CNC(=O)C1CCNc2ccccc21)OC. The molecule has 0 saturated carbocycles. The lowest BCUT2D eigenvalue weighted by atomic mass is 9.90. The number of para-hydroxylation sites is 1. The number of benzene rings is 1. The molecule has 1 atom stereocenters. The van der Waals surface area contributed by atoms with E-state index in [1.54, 1.807) is 14.2 Å². The van der Waals surface area contributed by atoms with Crippen molar-refractivity contribution in [1.29, 1.82) is 0 Å². The molecule has 19 heavy (non-hydrogen) atoms. The molecule has 1 aromatic carbocycles. The topological polar surface area (TPSA) is 59.6 Å². The average Bonchev–Trinajstić information content (AvgIpc) is 2.47. The van der Waals surface area contributed by atoms with E-state index in [0.717, 1.165) is 24.2 Å². The molecule has 1 unspecified atom stereocenters. The summed E-state index contributed by atoms with van der Waals surface area (Å²) in [5.74, 6) is -0.0835. The number of rotatable bonds is 5. The van der Waals surface area contributed by atoms with Crippen molar-refractivity contribution in [3.63, 3.8) is 0 Å². The molecule has 5 heteroatoms. The Balaban J connectivity index is 2.01. The monoisotopic (exact) mass is 264 g/mol. The van der Waals surface area contributed by atoms with Crippen molar-refractivity contribution >= 4 is 11.6 Å². The Morgan fingerprint density at radius 3 is 2.89 bits per heavy atom. The van der Waals surface area contributed by atoms with Crippen molar-refractivity contribution in [3.8, 4) is 0 Å². The number of hydrogen-bond acceptors (Lipinski definition) is 4. The number of carbonyl (C=O) groups excluding carboxylic acids is 1. The zero-order valence-electron chi connectivity index (χ0n) is 11.3. The predicted molar refractivity (Wildman–Crippen MR) is 73.1 cm³/mol. The second-order valence-electron chi connectivity index (χ2n) is 4.50. The Hall–Kier alpha value is -1.59. The molecule has 0 radical (unpaired) electrons. The van der Waals surface area contributed by atoms with Crippen LogP contribution in [0.2, 0.25) is 0 Å². The third-order valence-electron chi connectivity index (χ3n) is 3.37. The molecule has 5 nitrogen and oxygen atoms in total. The molecule has 1 aromatic rings. The van der Waals surface area contributed by atoms with Crippen LogP contribution >= 0.6 is 0 Å². The molecular weight excluding hydrogens is 244 g/mol. The van der Waals surface area contributed by atoms with Crippen molar-refractivity contribution in [2.45, 2.75) is 18.6 Å². The summed E-state index contributed by atoms with van der Waals surface area (Å²) in [5.41, 5.74) is 2.10. The van der Waals surface area contributed by atoms with Gasteiger partial charge < -0.3 is 20.1 Å². The van der Waals surface area contributed by atoms with Crippen LogP contribution in [0.25, 0.3) is 0 Å². The normalized spacial score (nSPS) is 17.7. The van der Waals surface area contributed by atoms with Crippen LogP contribution in [0.5, 0.6) is 0 Å². The quantitative estimate of drug-likeness (QED) is 0.788. The first kappa shape index (κ1) is 13.8. The van der Waals surface area contributed by atoms with Gasteiger partial charge in [-0.05, 0) is 18.1 Å². The van der Waals surface area contributed by atoms with Crippen LogP contribution < -0.4 is 10.6 Å². The standard InChI is InChI=1S/C14H20N2O3/c1-18-13(19-2)9-16-14(17)11-7-8-15-12-6-4-3-5-10(11)12/h3-6,11,13,15H,7-9H2,1-2H3,(H,16,17). The molecule has 2 N–H and O–H groups in total. The molecule has 0 bridgehead atoms. The van der Waals surface area contributed by atoms with Crippen LogP contribution in [-0.4, -0.2) is 39.5 Å². The number of anilines is 1. The van der Waals surface area contributed by atoms with Crippen molar-refractivity contribution < 1.29 is 14.3 Å². The van der Waals surface area contributed by atoms with E-state index in [-0.39, 0.29) is 11.8 Å². The van der Waals surface area contributed by atoms with Gasteiger partial charge >= 0.3 is 0 Å². The second kappa shape index (κ2) is 6.54. The van der Waals surface area contributed by atoms with E-state index in [1.807, 2.05) is 24.3 Å². The average molecular weight is 264 g/mol. The summed E-state index contributed by atoms with van der Waals surface area (Å²) in [5, 5.41) is 6.18. The van der Waals surface area contributed by atoms with Crippen LogP contribution in [0, 0.1) is 0 Å². The smallest absolute Gasteiger partial charge is 0.227 e. The van der Waals surface area contributed by atoms with E-state index >= 15 is 0 Å². The first-order valence-electron chi connectivity index (χ1n) is 6.42. The fourth-order valence-corrected chi connectivity index (χ4v) is 2.31. The highest BCUT2D eigenvalue weighted by atomic mass is 16.7. The summed E-state index contributed by atoms with van der Waals surface area (Å²) in [6, 6.07) is 7.93. The summed E-state index contributed by atoms with van der Waals surface area (Å²) in [6.07, 6.45) is 0.397. The molecule has 1 amide bonds. The first-order chi connectivity index (χ1) is 9.26. The number of carbonyl (C=O) groups is 1. The van der Waals surface area contributed by atoms with Crippen molar-refractivity contribution in [2.24, 2.45) is 0 Å². The Labute approximate surface area is 113 Å². The van der Waals surface area contributed by atoms with Crippen molar-refractivity contribution in [2.75, 3.05) is 32.6 Å². The molecule has 0 fully saturated rings. The Bertz CT molecular complexity index is 432. The van der Waals surface area contributed by atoms with E-state index in [1.165, 1.54) is 0 Å². The summed E-state index contributed by atoms with van der Waals surface area (Å²) in [4.78, 5) is 12.2. The molecule has 104 valence electrons. The van der Waals surface area contributed by atoms with Gasteiger partial charge in [-0.2, -0.15) is 0 Å². The number of hydrogen-bond donors (Lipinski definition) is 2. The van der Waals surface area contributed by atoms with Gasteiger partial charge in [-0.15, -0.1) is 0 Å². The van der Waals surface area contributed by atoms with Crippen LogP contribution in [0.15, 0.2) is 24.3 Å². The minimum Gasteiger partial charge on any atom is -0.385 e. The minimum atomic E-state index is -0.402. The highest BCUT2D eigenvalue weighted by Crippen LogP contribution is 2.31. The maximum Gasteiger partial charge on any atom is 0.227 e. The number of methoxy groups -OCH3 is 2. The molecule has 1 heterocycles. The van der Waals surface area contributed by atoms with Gasteiger partial charge in [0.2, 0.25) is 5.91 Å². The summed E-state index contributed by atoms with van der Waals surface area (Å²) < 4.78 is 10.1. The van der Waals surface area contributed by atoms with E-state index in [2.05, 4.69) is 10.6 Å². The fourth-order valence-electron chi connectivity index (χ4n) is 2.31. The number of ether oxygens (including phenoxy) is 2. The fraction of sp³-hybridized carbons (Fsp3) is 0.500. The number of amides is 1. The molecule has 0 saturated heterocycles. The third-order valence-corrected chi connectivity index (χ3v) is 3.37. The lowest BCUT2D eigenvalue weighted by molar-refractivity contribution is -0.128. The summed E-state index contributed by atoms with van der Waals surface area (Å²) >= 11 is 0. The van der Waals surface area contributed by atoms with Crippen LogP contribution in [-0.2, 0) is 14.3 Å². The largest absolute Gasteiger partial charge is 0.385 e. The summed E-state index contributed by atoms with van der Waals surface area (Å²) in [7, 11) is 3.11. The molecule has 0 aromatic heterocycles. The van der Waals surface area contributed by atoms with Gasteiger partial charge in [0.25, 0.3) is 0 Å². The molecule has 1 aliphatic rings. The minimum absolute atomic E-state index is 0.0213. The van der Waals surface area contributed by atoms with E-state index in [9.17, 15) is 4.79 Å². The van der Waals surface area contributed by atoms with Crippen molar-refractivity contribution in [3.05, 3.63) is 29.8 Å². The summed E-state index contributed by atoms with van der Waals surface area (Å²) in [6.45, 7) is 1.17. The van der Waals surface area contributed by atoms with Gasteiger partial charge in [-0.1, -0.05) is 18.2 Å². The van der Waals surface area contributed by atoms with Crippen LogP contribution in [0.1, 0.15) is 17.9 Å². The van der Waals surface area contributed by atoms with Crippen LogP contribution in [0.4, 0.5) is 5.69 Å². The predicted octanol–water partition coefficient (Wildman–Crippen LogP) is 1.32. The van der Waals surface area contributed by atoms with Gasteiger partial charge in [0.1, 0.15) is 0 Å². The van der Waals surface area contributed by atoms with E-state index in [4.69, 9.17) is 9.47 Å². The zero-order chi connectivity index (χ0) is 13.7. The van der Waals surface area contributed by atoms with Gasteiger partial charge in [0.15, 0.2) is 6.29 Å². The molecule has 2 rings (SSSR count). The number of fused-ring (bicyclic) bond motifs is 1. The van der Waals surface area contributed by atoms with Gasteiger partial charge in [0, 0.05) is 26.5 Å². The Morgan fingerprint density at radius 1 is 1.42 bits per heavy atom. The Kier molecular flexibility index (Phi) is 4.76. The Morgan fingerprint density at radius 2 is 2.16 bits per heavy atom. The highest BCUT2D eigenvalue weighted by Gasteiger charge is 2.26. The molecule has 0 spiro atoms. The van der Waals surface area contributed by atoms with Crippen LogP contribution in [0.3, 0.4) is 0 Å². The zero-order valence-corrected chi connectivity index (χ0v) is 11.3. The lowest BCUT2D eigenvalue weighted by Crippen LogP contribution is -2.38. The maximum atomic E-state index is 12.2. The van der Waals surface area contributed by atoms with Gasteiger partial charge in [-0.25, -0.2) is 0 Å². The second-order valence-corrected chi connectivity index (χ2v) is 4.50. The number of nitrogens with one attached hydrogen (secondary N) is 2. The molecule has 0 aliphatic carbocycles. The maximum absolute atomic E-state index is 12.2. The van der Waals surface area contributed by atoms with Crippen molar-refractivity contribution in [1.82, 2.24) is 5.32 Å². The van der Waals surface area contributed by atoms with Gasteiger partial charge in [0.05, 0.1) is 12.5 Å².